The molecular weight excluding hydrogens is 396 g/mol. The minimum Gasteiger partial charge on any atom is -0.487 e. The zero-order valence-electron chi connectivity index (χ0n) is 19.3. The number of hydrogen-bond donors (Lipinski definition) is 0. The van der Waals surface area contributed by atoms with Crippen LogP contribution in [0, 0.1) is 13.8 Å². The average Bonchev–Trinajstić information content (AvgIpc) is 3.44. The lowest BCUT2D eigenvalue weighted by Gasteiger charge is -2.32. The Morgan fingerprint density at radius 3 is 2.72 bits per heavy atom. The van der Waals surface area contributed by atoms with E-state index in [1.807, 2.05) is 6.26 Å². The molecule has 1 saturated heterocycles. The van der Waals surface area contributed by atoms with Gasteiger partial charge in [-0.2, -0.15) is 0 Å². The van der Waals surface area contributed by atoms with Crippen molar-refractivity contribution in [1.29, 1.82) is 0 Å². The van der Waals surface area contributed by atoms with Crippen molar-refractivity contribution in [3.8, 4) is 0 Å². The van der Waals surface area contributed by atoms with Gasteiger partial charge in [0.05, 0.1) is 18.8 Å². The van der Waals surface area contributed by atoms with E-state index in [0.29, 0.717) is 6.04 Å². The third kappa shape index (κ3) is 3.81. The highest BCUT2D eigenvalue weighted by molar-refractivity contribution is 5.44. The van der Waals surface area contributed by atoms with Crippen molar-refractivity contribution in [3.63, 3.8) is 0 Å². The highest BCUT2D eigenvalue weighted by atomic mass is 16.5. The fraction of sp³-hybridized carbons (Fsp3) is 0.407. The van der Waals surface area contributed by atoms with Crippen molar-refractivity contribution < 1.29 is 4.74 Å². The highest BCUT2D eigenvalue weighted by Gasteiger charge is 2.38. The van der Waals surface area contributed by atoms with Gasteiger partial charge in [-0.25, -0.2) is 0 Å². The van der Waals surface area contributed by atoms with E-state index in [9.17, 15) is 0 Å². The molecule has 2 aromatic carbocycles. The second-order valence-corrected chi connectivity index (χ2v) is 9.37. The summed E-state index contributed by atoms with van der Waals surface area (Å²) in [4.78, 5) is 2.46. The monoisotopic (exact) mass is 428 g/mol. The maximum absolute atomic E-state index is 6.13. The van der Waals surface area contributed by atoms with Gasteiger partial charge in [-0.05, 0) is 69.2 Å². The summed E-state index contributed by atoms with van der Waals surface area (Å²) >= 11 is 0. The molecule has 0 radical (unpaired) electrons. The van der Waals surface area contributed by atoms with E-state index in [2.05, 4.69) is 84.8 Å². The molecule has 0 N–H and O–H groups in total. The van der Waals surface area contributed by atoms with E-state index in [-0.39, 0.29) is 0 Å². The molecule has 0 saturated carbocycles. The Morgan fingerprint density at radius 1 is 1.09 bits per heavy atom. The first-order valence-corrected chi connectivity index (χ1v) is 11.7. The van der Waals surface area contributed by atoms with Crippen LogP contribution in [0.15, 0.2) is 60.9 Å². The van der Waals surface area contributed by atoms with Gasteiger partial charge in [-0.3, -0.25) is 4.57 Å². The maximum Gasteiger partial charge on any atom is 0.228 e. The Balaban J connectivity index is 1.58. The lowest BCUT2D eigenvalue weighted by Crippen LogP contribution is -2.32. The zero-order chi connectivity index (χ0) is 22.1. The topological polar surface area (TPSA) is 43.2 Å². The summed E-state index contributed by atoms with van der Waals surface area (Å²) in [5, 5.41) is 9.51. The van der Waals surface area contributed by atoms with Crippen molar-refractivity contribution in [2.24, 2.45) is 0 Å². The summed E-state index contributed by atoms with van der Waals surface area (Å²) in [6.07, 6.45) is 8.07. The van der Waals surface area contributed by atoms with Gasteiger partial charge in [0.25, 0.3) is 0 Å². The minimum atomic E-state index is -0.469. The van der Waals surface area contributed by atoms with Crippen LogP contribution in [0.4, 0.5) is 5.95 Å². The SMILES string of the molecule is Cc1ccc(C)c(C2CCCN2c2nnc(C3(C)CCC=CO3)n2Cc2ccccc2)c1. The molecule has 1 aromatic heterocycles. The van der Waals surface area contributed by atoms with Gasteiger partial charge >= 0.3 is 0 Å². The molecule has 2 atom stereocenters. The van der Waals surface area contributed by atoms with Crippen LogP contribution in [0.1, 0.15) is 66.7 Å². The number of aryl methyl sites for hydroxylation is 2. The molecule has 5 nitrogen and oxygen atoms in total. The van der Waals surface area contributed by atoms with Crippen molar-refractivity contribution in [2.45, 2.75) is 64.6 Å². The first-order chi connectivity index (χ1) is 15.5. The predicted molar refractivity (Wildman–Crippen MR) is 128 cm³/mol. The van der Waals surface area contributed by atoms with Crippen molar-refractivity contribution >= 4 is 5.95 Å². The number of nitrogens with zero attached hydrogens (tertiary/aromatic N) is 4. The van der Waals surface area contributed by atoms with Crippen LogP contribution in [-0.4, -0.2) is 21.3 Å². The summed E-state index contributed by atoms with van der Waals surface area (Å²) < 4.78 is 8.42. The number of aromatic nitrogens is 3. The van der Waals surface area contributed by atoms with Gasteiger partial charge < -0.3 is 9.64 Å². The number of anilines is 1. The van der Waals surface area contributed by atoms with Crippen LogP contribution >= 0.6 is 0 Å². The quantitative estimate of drug-likeness (QED) is 0.513. The molecule has 0 bridgehead atoms. The average molecular weight is 429 g/mol. The first kappa shape index (κ1) is 20.8. The Kier molecular flexibility index (Phi) is 5.50. The second-order valence-electron chi connectivity index (χ2n) is 9.37. The predicted octanol–water partition coefficient (Wildman–Crippen LogP) is 5.82. The van der Waals surface area contributed by atoms with Crippen molar-refractivity contribution in [1.82, 2.24) is 14.8 Å². The van der Waals surface area contributed by atoms with Crippen LogP contribution in [0.3, 0.4) is 0 Å². The number of allylic oxidation sites excluding steroid dienone is 1. The fourth-order valence-corrected chi connectivity index (χ4v) is 5.11. The van der Waals surface area contributed by atoms with Crippen LogP contribution in [0.2, 0.25) is 0 Å². The molecule has 2 aliphatic rings. The van der Waals surface area contributed by atoms with Gasteiger partial charge in [0.2, 0.25) is 5.95 Å². The molecule has 1 fully saturated rings. The van der Waals surface area contributed by atoms with Crippen molar-refractivity contribution in [2.75, 3.05) is 11.4 Å². The van der Waals surface area contributed by atoms with Crippen LogP contribution < -0.4 is 4.90 Å². The number of benzene rings is 2. The Bertz CT molecular complexity index is 1120. The normalized spacial score (nSPS) is 22.8. The van der Waals surface area contributed by atoms with Gasteiger partial charge in [0, 0.05) is 6.54 Å². The van der Waals surface area contributed by atoms with E-state index in [1.165, 1.54) is 22.3 Å². The first-order valence-electron chi connectivity index (χ1n) is 11.7. The third-order valence-electron chi connectivity index (χ3n) is 6.90. The fourth-order valence-electron chi connectivity index (χ4n) is 5.11. The Morgan fingerprint density at radius 2 is 1.94 bits per heavy atom. The summed E-state index contributed by atoms with van der Waals surface area (Å²) in [6.45, 7) is 8.25. The third-order valence-corrected chi connectivity index (χ3v) is 6.90. The highest BCUT2D eigenvalue weighted by Crippen LogP contribution is 2.40. The molecule has 3 aromatic rings. The molecule has 166 valence electrons. The molecule has 5 heteroatoms. The zero-order valence-corrected chi connectivity index (χ0v) is 19.3. The van der Waals surface area contributed by atoms with Gasteiger partial charge in [0.1, 0.15) is 0 Å². The largest absolute Gasteiger partial charge is 0.487 e. The maximum atomic E-state index is 6.13. The molecular formula is C27H32N4O. The lowest BCUT2D eigenvalue weighted by atomic mass is 9.96. The second kappa shape index (κ2) is 8.45. The minimum absolute atomic E-state index is 0.321. The summed E-state index contributed by atoms with van der Waals surface area (Å²) in [5.41, 5.74) is 4.82. The molecule has 2 aliphatic heterocycles. The standard InChI is InChI=1S/C27H32N4O/c1-20-13-14-21(2)23(18-20)24-12-9-16-30(24)26-29-28-25(27(3)15-7-8-17-32-27)31(26)19-22-10-5-4-6-11-22/h4-6,8,10-11,13-14,17-18,24H,7,9,12,15-16,19H2,1-3H3. The molecule has 3 heterocycles. The Hall–Kier alpha value is -3.08. The van der Waals surface area contributed by atoms with E-state index in [1.54, 1.807) is 0 Å². The molecule has 0 aliphatic carbocycles. The molecule has 5 rings (SSSR count). The van der Waals surface area contributed by atoms with Gasteiger partial charge in [0.15, 0.2) is 11.4 Å². The van der Waals surface area contributed by atoms with Gasteiger partial charge in [-0.1, -0.05) is 54.1 Å². The lowest BCUT2D eigenvalue weighted by molar-refractivity contribution is 0.00673. The van der Waals surface area contributed by atoms with Gasteiger partial charge in [-0.15, -0.1) is 10.2 Å². The molecule has 0 spiro atoms. The van der Waals surface area contributed by atoms with Crippen LogP contribution in [-0.2, 0) is 16.9 Å². The van der Waals surface area contributed by atoms with Crippen LogP contribution in [0.5, 0.6) is 0 Å². The Labute approximate surface area is 190 Å². The van der Waals surface area contributed by atoms with E-state index in [4.69, 9.17) is 14.9 Å². The molecule has 0 amide bonds. The van der Waals surface area contributed by atoms with E-state index >= 15 is 0 Å². The summed E-state index contributed by atoms with van der Waals surface area (Å²) in [6, 6.07) is 17.7. The summed E-state index contributed by atoms with van der Waals surface area (Å²) in [7, 11) is 0. The number of hydrogen-bond acceptors (Lipinski definition) is 4. The molecule has 32 heavy (non-hydrogen) atoms. The van der Waals surface area contributed by atoms with E-state index in [0.717, 1.165) is 50.5 Å². The van der Waals surface area contributed by atoms with Crippen LogP contribution in [0.25, 0.3) is 0 Å². The summed E-state index contributed by atoms with van der Waals surface area (Å²) in [5.74, 6) is 1.86. The number of rotatable bonds is 5. The smallest absolute Gasteiger partial charge is 0.228 e. The van der Waals surface area contributed by atoms with Crippen molar-refractivity contribution in [3.05, 3.63) is 88.9 Å². The number of ether oxygens (including phenoxy) is 1. The van der Waals surface area contributed by atoms with E-state index < -0.39 is 5.60 Å². The molecule has 2 unspecified atom stereocenters.